The molecule has 8 nitrogen and oxygen atoms in total. The number of nitrogens with zero attached hydrogens (tertiary/aromatic N) is 8. The van der Waals surface area contributed by atoms with Crippen molar-refractivity contribution in [3.63, 3.8) is 0 Å². The zero-order valence-electron chi connectivity index (χ0n) is 14.6. The van der Waals surface area contributed by atoms with E-state index in [1.807, 2.05) is 18.3 Å². The van der Waals surface area contributed by atoms with Gasteiger partial charge in [-0.1, -0.05) is 0 Å². The van der Waals surface area contributed by atoms with Crippen molar-refractivity contribution in [2.45, 2.75) is 0 Å². The summed E-state index contributed by atoms with van der Waals surface area (Å²) < 4.78 is 0. The van der Waals surface area contributed by atoms with Crippen LogP contribution in [0, 0.1) is 0 Å². The van der Waals surface area contributed by atoms with Gasteiger partial charge in [0.05, 0.1) is 0 Å². The molecule has 2 saturated heterocycles. The third kappa shape index (κ3) is 3.63. The van der Waals surface area contributed by atoms with Crippen molar-refractivity contribution in [1.29, 1.82) is 0 Å². The lowest BCUT2D eigenvalue weighted by Gasteiger charge is -2.36. The van der Waals surface area contributed by atoms with E-state index >= 15 is 0 Å². The molecule has 8 heteroatoms. The Morgan fingerprint density at radius 2 is 1.24 bits per heavy atom. The second kappa shape index (κ2) is 7.18. The van der Waals surface area contributed by atoms with E-state index < -0.39 is 0 Å². The first-order chi connectivity index (χ1) is 12.3. The van der Waals surface area contributed by atoms with Gasteiger partial charge in [-0.05, 0) is 19.2 Å². The Morgan fingerprint density at radius 1 is 0.680 bits per heavy atom. The number of aromatic nitrogens is 4. The van der Waals surface area contributed by atoms with E-state index in [1.54, 1.807) is 12.4 Å². The number of anilines is 3. The minimum Gasteiger partial charge on any atom is -0.353 e. The molecule has 0 spiro atoms. The predicted molar refractivity (Wildman–Crippen MR) is 98.2 cm³/mol. The highest BCUT2D eigenvalue weighted by atomic mass is 15.4. The lowest BCUT2D eigenvalue weighted by atomic mass is 10.3. The molecule has 2 aliphatic heterocycles. The van der Waals surface area contributed by atoms with Crippen molar-refractivity contribution in [2.75, 3.05) is 74.1 Å². The van der Waals surface area contributed by atoms with Crippen LogP contribution in [0.25, 0.3) is 0 Å². The highest BCUT2D eigenvalue weighted by Crippen LogP contribution is 2.19. The molecular weight excluding hydrogens is 316 g/mol. The molecule has 2 aliphatic rings. The molecule has 0 aliphatic carbocycles. The lowest BCUT2D eigenvalue weighted by Crippen LogP contribution is -2.48. The van der Waals surface area contributed by atoms with Gasteiger partial charge >= 0.3 is 0 Å². The topological polar surface area (TPSA) is 64.5 Å². The van der Waals surface area contributed by atoms with Crippen molar-refractivity contribution in [3.05, 3.63) is 30.7 Å². The Balaban J connectivity index is 1.40. The molecule has 0 bridgehead atoms. The molecule has 2 aromatic heterocycles. The van der Waals surface area contributed by atoms with Crippen LogP contribution in [0.4, 0.5) is 17.7 Å². The lowest BCUT2D eigenvalue weighted by molar-refractivity contribution is 0.311. The van der Waals surface area contributed by atoms with Gasteiger partial charge in [-0.15, -0.1) is 0 Å². The minimum absolute atomic E-state index is 0.808. The highest BCUT2D eigenvalue weighted by Gasteiger charge is 2.21. The summed E-state index contributed by atoms with van der Waals surface area (Å²) in [5.74, 6) is 2.67. The summed E-state index contributed by atoms with van der Waals surface area (Å²) in [6.07, 6.45) is 5.46. The van der Waals surface area contributed by atoms with E-state index in [1.165, 1.54) is 0 Å². The van der Waals surface area contributed by atoms with Gasteiger partial charge in [-0.2, -0.15) is 4.98 Å². The maximum absolute atomic E-state index is 4.82. The van der Waals surface area contributed by atoms with E-state index in [4.69, 9.17) is 4.98 Å². The van der Waals surface area contributed by atoms with Gasteiger partial charge < -0.3 is 19.6 Å². The zero-order valence-corrected chi connectivity index (χ0v) is 14.6. The van der Waals surface area contributed by atoms with E-state index in [9.17, 15) is 0 Å². The van der Waals surface area contributed by atoms with Crippen molar-refractivity contribution < 1.29 is 0 Å². The number of hydrogen-bond acceptors (Lipinski definition) is 8. The number of hydrogen-bond donors (Lipinski definition) is 0. The summed E-state index contributed by atoms with van der Waals surface area (Å²) >= 11 is 0. The first kappa shape index (κ1) is 16.0. The molecule has 2 aromatic rings. The summed E-state index contributed by atoms with van der Waals surface area (Å²) in [7, 11) is 2.16. The molecular formula is C17H24N8. The summed E-state index contributed by atoms with van der Waals surface area (Å²) in [5.41, 5.74) is 0. The molecule has 132 valence electrons. The van der Waals surface area contributed by atoms with Gasteiger partial charge in [0.1, 0.15) is 5.82 Å². The molecule has 0 radical (unpaired) electrons. The van der Waals surface area contributed by atoms with Crippen LogP contribution in [0.3, 0.4) is 0 Å². The molecule has 4 heterocycles. The minimum atomic E-state index is 0.808. The largest absolute Gasteiger partial charge is 0.353 e. The van der Waals surface area contributed by atoms with Crippen LogP contribution in [-0.4, -0.2) is 84.2 Å². The number of piperazine rings is 2. The Hall–Kier alpha value is -2.48. The van der Waals surface area contributed by atoms with Gasteiger partial charge in [-0.25, -0.2) is 15.0 Å². The molecule has 4 rings (SSSR count). The fraction of sp³-hybridized carbons (Fsp3) is 0.529. The van der Waals surface area contributed by atoms with Crippen molar-refractivity contribution >= 4 is 17.7 Å². The Morgan fingerprint density at radius 3 is 1.96 bits per heavy atom. The molecule has 0 saturated carbocycles. The Kier molecular flexibility index (Phi) is 4.60. The van der Waals surface area contributed by atoms with Crippen molar-refractivity contribution in [2.24, 2.45) is 0 Å². The third-order valence-corrected chi connectivity index (χ3v) is 4.85. The average Bonchev–Trinajstić information content (AvgIpc) is 2.69. The van der Waals surface area contributed by atoms with Gasteiger partial charge in [0.15, 0.2) is 0 Å². The summed E-state index contributed by atoms with van der Waals surface area (Å²) in [4.78, 5) is 27.1. The second-order valence-electron chi connectivity index (χ2n) is 6.53. The molecule has 0 N–H and O–H groups in total. The third-order valence-electron chi connectivity index (χ3n) is 4.85. The van der Waals surface area contributed by atoms with E-state index in [0.717, 1.165) is 70.1 Å². The smallest absolute Gasteiger partial charge is 0.227 e. The summed E-state index contributed by atoms with van der Waals surface area (Å²) in [6.45, 7) is 7.72. The van der Waals surface area contributed by atoms with Crippen LogP contribution in [-0.2, 0) is 0 Å². The van der Waals surface area contributed by atoms with Crippen LogP contribution in [0.1, 0.15) is 0 Å². The van der Waals surface area contributed by atoms with Crippen LogP contribution >= 0.6 is 0 Å². The second-order valence-corrected chi connectivity index (χ2v) is 6.53. The maximum Gasteiger partial charge on any atom is 0.227 e. The van der Waals surface area contributed by atoms with E-state index in [-0.39, 0.29) is 0 Å². The Bertz CT molecular complexity index is 678. The quantitative estimate of drug-likeness (QED) is 0.793. The van der Waals surface area contributed by atoms with Crippen LogP contribution in [0.5, 0.6) is 0 Å². The zero-order chi connectivity index (χ0) is 17.1. The van der Waals surface area contributed by atoms with Gasteiger partial charge in [0, 0.05) is 70.9 Å². The first-order valence-electron chi connectivity index (χ1n) is 8.83. The van der Waals surface area contributed by atoms with Crippen molar-refractivity contribution in [3.8, 4) is 0 Å². The average molecular weight is 340 g/mol. The first-order valence-corrected chi connectivity index (χ1v) is 8.83. The van der Waals surface area contributed by atoms with Crippen LogP contribution in [0.15, 0.2) is 30.7 Å². The SMILES string of the molecule is CN1CCN(c2nccc(N3CCN(c4ncccn4)CC3)n2)CC1. The molecule has 25 heavy (non-hydrogen) atoms. The maximum atomic E-state index is 4.82. The van der Waals surface area contributed by atoms with Gasteiger partial charge in [0.2, 0.25) is 11.9 Å². The standard InChI is InChI=1S/C17H24N8/c1-22-7-9-25(10-8-22)17-20-6-3-15(21-17)23-11-13-24(14-12-23)16-18-4-2-5-19-16/h2-6H,7-14H2,1H3. The summed E-state index contributed by atoms with van der Waals surface area (Å²) in [5, 5.41) is 0. The van der Waals surface area contributed by atoms with E-state index in [0.29, 0.717) is 0 Å². The van der Waals surface area contributed by atoms with Crippen molar-refractivity contribution in [1.82, 2.24) is 24.8 Å². The van der Waals surface area contributed by atoms with E-state index in [2.05, 4.69) is 41.6 Å². The highest BCUT2D eigenvalue weighted by molar-refractivity contribution is 5.46. The predicted octanol–water partition coefficient (Wildman–Crippen LogP) is 0.345. The monoisotopic (exact) mass is 340 g/mol. The van der Waals surface area contributed by atoms with Gasteiger partial charge in [-0.3, -0.25) is 0 Å². The number of rotatable bonds is 3. The molecule has 2 fully saturated rings. The molecule has 0 aromatic carbocycles. The summed E-state index contributed by atoms with van der Waals surface area (Å²) in [6, 6.07) is 3.86. The van der Waals surface area contributed by atoms with Crippen LogP contribution < -0.4 is 14.7 Å². The number of likely N-dealkylation sites (N-methyl/N-ethyl adjacent to an activating group) is 1. The fourth-order valence-electron chi connectivity index (χ4n) is 3.26. The molecule has 0 atom stereocenters. The normalized spacial score (nSPS) is 19.3. The van der Waals surface area contributed by atoms with Gasteiger partial charge in [0.25, 0.3) is 0 Å². The van der Waals surface area contributed by atoms with Crippen LogP contribution in [0.2, 0.25) is 0 Å². The molecule has 0 amide bonds. The molecule has 0 unspecified atom stereocenters. The Labute approximate surface area is 148 Å². The fourth-order valence-corrected chi connectivity index (χ4v) is 3.26.